The molecule has 3 atom stereocenters. The van der Waals surface area contributed by atoms with Crippen LogP contribution in [0.3, 0.4) is 0 Å². The van der Waals surface area contributed by atoms with Gasteiger partial charge in [0.1, 0.15) is 6.04 Å². The van der Waals surface area contributed by atoms with Crippen LogP contribution in [0.25, 0.3) is 0 Å². The second-order valence-corrected chi connectivity index (χ2v) is 14.0. The molecule has 2 aromatic rings. The van der Waals surface area contributed by atoms with E-state index < -0.39 is 39.5 Å². The summed E-state index contributed by atoms with van der Waals surface area (Å²) in [6.45, 7) is 9.76. The lowest BCUT2D eigenvalue weighted by molar-refractivity contribution is -0.132. The highest BCUT2D eigenvalue weighted by Gasteiger charge is 2.35. The lowest BCUT2D eigenvalue weighted by Crippen LogP contribution is -2.58. The van der Waals surface area contributed by atoms with Gasteiger partial charge in [-0.3, -0.25) is 9.59 Å². The summed E-state index contributed by atoms with van der Waals surface area (Å²) in [5, 5.41) is 17.1. The number of carbonyl (C=O) groups is 2. The first-order valence-electron chi connectivity index (χ1n) is 14.0. The standard InChI is InChI=1S/C31H47N3O5S/c1-23(2)19-20-34(40(6,38)39)22-27(35)26(21-25-15-11-8-12-16-25)32-30(37)29(31(3,4)5)33-28(36)18-17-24-13-9-7-10-14-24/h7-16,23,26-27,29,35H,17-22H2,1-6H3,(H,32,37)(H,33,36)/t26-,27+,29+/m0/s1. The van der Waals surface area contributed by atoms with Gasteiger partial charge in [-0.25, -0.2) is 8.42 Å². The molecule has 0 aliphatic heterocycles. The van der Waals surface area contributed by atoms with Crippen molar-refractivity contribution in [2.24, 2.45) is 11.3 Å². The van der Waals surface area contributed by atoms with E-state index in [1.54, 1.807) is 0 Å². The maximum Gasteiger partial charge on any atom is 0.243 e. The van der Waals surface area contributed by atoms with Crippen molar-refractivity contribution in [1.82, 2.24) is 14.9 Å². The van der Waals surface area contributed by atoms with Gasteiger partial charge in [0.25, 0.3) is 0 Å². The first-order valence-corrected chi connectivity index (χ1v) is 15.8. The smallest absolute Gasteiger partial charge is 0.243 e. The molecule has 0 bridgehead atoms. The van der Waals surface area contributed by atoms with E-state index in [1.807, 2.05) is 95.3 Å². The Morgan fingerprint density at radius 3 is 1.98 bits per heavy atom. The molecular formula is C31H47N3O5S. The number of nitrogens with zero attached hydrogens (tertiary/aromatic N) is 1. The van der Waals surface area contributed by atoms with Crippen molar-refractivity contribution in [2.75, 3.05) is 19.3 Å². The topological polar surface area (TPSA) is 116 Å². The van der Waals surface area contributed by atoms with Crippen LogP contribution in [0.1, 0.15) is 58.6 Å². The molecule has 0 radical (unpaired) electrons. The Morgan fingerprint density at radius 1 is 0.925 bits per heavy atom. The zero-order valence-corrected chi connectivity index (χ0v) is 25.6. The van der Waals surface area contributed by atoms with Crippen LogP contribution in [0.4, 0.5) is 0 Å². The summed E-state index contributed by atoms with van der Waals surface area (Å²) < 4.78 is 26.2. The average Bonchev–Trinajstić information content (AvgIpc) is 2.87. The van der Waals surface area contributed by atoms with Crippen molar-refractivity contribution in [3.8, 4) is 0 Å². The molecule has 0 fully saturated rings. The van der Waals surface area contributed by atoms with Crippen molar-refractivity contribution >= 4 is 21.8 Å². The van der Waals surface area contributed by atoms with Crippen LogP contribution in [-0.4, -0.2) is 67.2 Å². The van der Waals surface area contributed by atoms with Gasteiger partial charge >= 0.3 is 0 Å². The van der Waals surface area contributed by atoms with E-state index in [0.29, 0.717) is 25.2 Å². The summed E-state index contributed by atoms with van der Waals surface area (Å²) in [7, 11) is -3.57. The summed E-state index contributed by atoms with van der Waals surface area (Å²) >= 11 is 0. The van der Waals surface area contributed by atoms with Gasteiger partial charge in [-0.05, 0) is 41.7 Å². The summed E-state index contributed by atoms with van der Waals surface area (Å²) in [5.41, 5.74) is 1.32. The highest BCUT2D eigenvalue weighted by molar-refractivity contribution is 7.88. The lowest BCUT2D eigenvalue weighted by Gasteiger charge is -2.34. The number of hydrogen-bond acceptors (Lipinski definition) is 5. The summed E-state index contributed by atoms with van der Waals surface area (Å²) in [4.78, 5) is 26.5. The molecule has 9 heteroatoms. The molecule has 2 amide bonds. The van der Waals surface area contributed by atoms with Crippen LogP contribution in [0.2, 0.25) is 0 Å². The number of aryl methyl sites for hydroxylation is 1. The maximum atomic E-state index is 13.6. The molecule has 0 heterocycles. The molecule has 0 aliphatic rings. The molecule has 0 saturated heterocycles. The Hall–Kier alpha value is -2.75. The number of sulfonamides is 1. The Morgan fingerprint density at radius 2 is 1.48 bits per heavy atom. The third-order valence-electron chi connectivity index (χ3n) is 6.82. The second kappa shape index (κ2) is 15.3. The van der Waals surface area contributed by atoms with E-state index in [2.05, 4.69) is 10.6 Å². The monoisotopic (exact) mass is 573 g/mol. The molecule has 40 heavy (non-hydrogen) atoms. The minimum absolute atomic E-state index is 0.146. The third kappa shape index (κ3) is 11.8. The molecule has 3 N–H and O–H groups in total. The van der Waals surface area contributed by atoms with E-state index in [4.69, 9.17) is 0 Å². The van der Waals surface area contributed by atoms with Crippen LogP contribution in [0, 0.1) is 11.3 Å². The first kappa shape index (κ1) is 33.5. The summed E-state index contributed by atoms with van der Waals surface area (Å²) in [5.74, 6) is -0.371. The average molecular weight is 574 g/mol. The predicted octanol–water partition coefficient (Wildman–Crippen LogP) is 3.55. The van der Waals surface area contributed by atoms with Gasteiger partial charge in [-0.1, -0.05) is 95.3 Å². The fourth-order valence-electron chi connectivity index (χ4n) is 4.36. The van der Waals surface area contributed by atoms with E-state index in [-0.39, 0.29) is 25.4 Å². The van der Waals surface area contributed by atoms with Gasteiger partial charge in [0.05, 0.1) is 18.4 Å². The first-order chi connectivity index (χ1) is 18.7. The number of hydrogen-bond donors (Lipinski definition) is 3. The van der Waals surface area contributed by atoms with E-state index in [1.165, 1.54) is 4.31 Å². The zero-order chi connectivity index (χ0) is 29.9. The largest absolute Gasteiger partial charge is 0.390 e. The molecule has 2 aromatic carbocycles. The van der Waals surface area contributed by atoms with Crippen LogP contribution in [0.15, 0.2) is 60.7 Å². The van der Waals surface area contributed by atoms with Gasteiger partial charge < -0.3 is 15.7 Å². The van der Waals surface area contributed by atoms with E-state index in [9.17, 15) is 23.1 Å². The van der Waals surface area contributed by atoms with E-state index in [0.717, 1.165) is 17.4 Å². The van der Waals surface area contributed by atoms with Crippen molar-refractivity contribution in [3.05, 3.63) is 71.8 Å². The van der Waals surface area contributed by atoms with Crippen molar-refractivity contribution in [3.63, 3.8) is 0 Å². The third-order valence-corrected chi connectivity index (χ3v) is 8.09. The van der Waals surface area contributed by atoms with Gasteiger partial charge in [-0.2, -0.15) is 4.31 Å². The fourth-order valence-corrected chi connectivity index (χ4v) is 5.22. The van der Waals surface area contributed by atoms with Crippen molar-refractivity contribution in [1.29, 1.82) is 0 Å². The Kier molecular flexibility index (Phi) is 12.8. The second-order valence-electron chi connectivity index (χ2n) is 12.0. The molecular weight excluding hydrogens is 526 g/mol. The molecule has 222 valence electrons. The van der Waals surface area contributed by atoms with Crippen LogP contribution in [0.5, 0.6) is 0 Å². The van der Waals surface area contributed by atoms with Crippen molar-refractivity contribution < 1.29 is 23.1 Å². The number of carbonyl (C=O) groups excluding carboxylic acids is 2. The Balaban J connectivity index is 2.21. The minimum Gasteiger partial charge on any atom is -0.390 e. The van der Waals surface area contributed by atoms with Gasteiger partial charge in [-0.15, -0.1) is 0 Å². The molecule has 0 aliphatic carbocycles. The predicted molar refractivity (Wildman–Crippen MR) is 160 cm³/mol. The van der Waals surface area contributed by atoms with Crippen LogP contribution in [-0.2, 0) is 32.5 Å². The number of amides is 2. The Bertz CT molecular complexity index is 1160. The van der Waals surface area contributed by atoms with Crippen LogP contribution < -0.4 is 10.6 Å². The van der Waals surface area contributed by atoms with E-state index >= 15 is 0 Å². The van der Waals surface area contributed by atoms with Crippen molar-refractivity contribution in [2.45, 2.75) is 78.5 Å². The number of nitrogens with one attached hydrogen (secondary N) is 2. The fraction of sp³-hybridized carbons (Fsp3) is 0.548. The van der Waals surface area contributed by atoms with Gasteiger partial charge in [0, 0.05) is 19.5 Å². The van der Waals surface area contributed by atoms with Crippen LogP contribution >= 0.6 is 0 Å². The molecule has 8 nitrogen and oxygen atoms in total. The summed E-state index contributed by atoms with van der Waals surface area (Å²) in [6.07, 6.45) is 1.70. The zero-order valence-electron chi connectivity index (χ0n) is 24.8. The summed E-state index contributed by atoms with van der Waals surface area (Å²) in [6, 6.07) is 17.5. The quantitative estimate of drug-likeness (QED) is 0.301. The maximum absolute atomic E-state index is 13.6. The number of rotatable bonds is 15. The molecule has 0 saturated carbocycles. The number of aliphatic hydroxyl groups is 1. The SMILES string of the molecule is CC(C)CCN(C[C@@H](O)[C@H](Cc1ccccc1)NC(=O)[C@@H](NC(=O)CCc1ccccc1)C(C)(C)C)S(C)(=O)=O. The number of benzene rings is 2. The highest BCUT2D eigenvalue weighted by Crippen LogP contribution is 2.21. The molecule has 0 aromatic heterocycles. The minimum atomic E-state index is -3.57. The Labute approximate surface area is 240 Å². The molecule has 0 unspecified atom stereocenters. The normalized spacial score (nSPS) is 14.5. The van der Waals surface area contributed by atoms with Gasteiger partial charge in [0.2, 0.25) is 21.8 Å². The van der Waals surface area contributed by atoms with Gasteiger partial charge in [0.15, 0.2) is 0 Å². The molecule has 2 rings (SSSR count). The number of aliphatic hydroxyl groups excluding tert-OH is 1. The lowest BCUT2D eigenvalue weighted by atomic mass is 9.85. The molecule has 0 spiro atoms. The highest BCUT2D eigenvalue weighted by atomic mass is 32.2.